The summed E-state index contributed by atoms with van der Waals surface area (Å²) >= 11 is 3.10. The zero-order valence-electron chi connectivity index (χ0n) is 9.36. The summed E-state index contributed by atoms with van der Waals surface area (Å²) in [6.07, 6.45) is 5.96. The van der Waals surface area contributed by atoms with E-state index in [-0.39, 0.29) is 16.7 Å². The van der Waals surface area contributed by atoms with Crippen molar-refractivity contribution >= 4 is 26.0 Å². The molecule has 0 spiro atoms. The second kappa shape index (κ2) is 4.78. The first-order chi connectivity index (χ1) is 7.54. The fourth-order valence-corrected chi connectivity index (χ4v) is 5.05. The molecule has 0 aliphatic carbocycles. The van der Waals surface area contributed by atoms with Crippen molar-refractivity contribution in [1.29, 1.82) is 0 Å². The molecule has 2 saturated heterocycles. The molecule has 2 aliphatic heterocycles. The van der Waals surface area contributed by atoms with E-state index in [2.05, 4.69) is 22.5 Å². The van der Waals surface area contributed by atoms with Gasteiger partial charge in [0.1, 0.15) is 4.66 Å². The molecule has 2 heterocycles. The maximum Gasteiger partial charge on any atom is 0.224 e. The van der Waals surface area contributed by atoms with Crippen molar-refractivity contribution in [3.05, 3.63) is 12.2 Å². The van der Waals surface area contributed by atoms with Crippen LogP contribution in [0.25, 0.3) is 0 Å². The van der Waals surface area contributed by atoms with Crippen molar-refractivity contribution in [2.45, 2.75) is 50.6 Å². The second-order valence-electron chi connectivity index (χ2n) is 4.80. The molecular weight excluding hydrogens is 290 g/mol. The van der Waals surface area contributed by atoms with Crippen LogP contribution in [0.5, 0.6) is 0 Å². The van der Waals surface area contributed by atoms with Gasteiger partial charge in [-0.15, -0.1) is 0 Å². The van der Waals surface area contributed by atoms with Crippen LogP contribution >= 0.6 is 15.9 Å². The zero-order valence-corrected chi connectivity index (χ0v) is 11.8. The van der Waals surface area contributed by atoms with Crippen LogP contribution in [0.15, 0.2) is 12.2 Å². The predicted molar refractivity (Wildman–Crippen MR) is 69.0 cm³/mol. The molecule has 2 aliphatic rings. The third-order valence-corrected chi connectivity index (χ3v) is 6.80. The van der Waals surface area contributed by atoms with E-state index in [4.69, 9.17) is 0 Å². The zero-order chi connectivity index (χ0) is 11.8. The van der Waals surface area contributed by atoms with E-state index in [0.717, 1.165) is 38.5 Å². The van der Waals surface area contributed by atoms with Gasteiger partial charge in [-0.05, 0) is 25.7 Å². The van der Waals surface area contributed by atoms with Crippen LogP contribution in [0.1, 0.15) is 38.5 Å². The maximum absolute atomic E-state index is 12.1. The van der Waals surface area contributed by atoms with Gasteiger partial charge in [-0.2, -0.15) is 4.31 Å². The number of sulfonamides is 1. The van der Waals surface area contributed by atoms with Gasteiger partial charge in [0.25, 0.3) is 0 Å². The smallest absolute Gasteiger partial charge is 0.211 e. The first-order valence-electron chi connectivity index (χ1n) is 5.78. The molecule has 0 aromatic heterocycles. The average Bonchev–Trinajstić information content (AvgIpc) is 2.36. The highest BCUT2D eigenvalue weighted by Crippen LogP contribution is 2.37. The van der Waals surface area contributed by atoms with Gasteiger partial charge in [-0.25, -0.2) is 8.42 Å². The standard InChI is InChI=1S/C11H18BrNO2S/c1-9-6-10-4-2-3-5-11(7-9)13(10)16(14,15)8-12/h10-11H,1-8H2/t10-,11+. The lowest BCUT2D eigenvalue weighted by molar-refractivity contribution is 0.217. The van der Waals surface area contributed by atoms with Crippen molar-refractivity contribution in [3.8, 4) is 0 Å². The van der Waals surface area contributed by atoms with Gasteiger partial charge in [0, 0.05) is 12.1 Å². The lowest BCUT2D eigenvalue weighted by Gasteiger charge is -2.40. The van der Waals surface area contributed by atoms with Crippen molar-refractivity contribution in [2.24, 2.45) is 0 Å². The quantitative estimate of drug-likeness (QED) is 0.581. The summed E-state index contributed by atoms with van der Waals surface area (Å²) in [5, 5.41) is 0. The Kier molecular flexibility index (Phi) is 3.76. The molecule has 2 fully saturated rings. The minimum absolute atomic E-state index is 0.0411. The molecule has 0 unspecified atom stereocenters. The largest absolute Gasteiger partial charge is 0.224 e. The third-order valence-electron chi connectivity index (χ3n) is 3.55. The summed E-state index contributed by atoms with van der Waals surface area (Å²) in [6, 6.07) is 0.326. The molecule has 0 radical (unpaired) electrons. The molecule has 0 aromatic rings. The summed E-state index contributed by atoms with van der Waals surface area (Å²) in [4.78, 5) is 0. The van der Waals surface area contributed by atoms with E-state index in [1.165, 1.54) is 5.57 Å². The Morgan fingerprint density at radius 2 is 1.75 bits per heavy atom. The van der Waals surface area contributed by atoms with Crippen molar-refractivity contribution in [1.82, 2.24) is 4.31 Å². The summed E-state index contributed by atoms with van der Waals surface area (Å²) in [6.45, 7) is 4.05. The summed E-state index contributed by atoms with van der Waals surface area (Å²) in [5.41, 5.74) is 1.22. The normalized spacial score (nSPS) is 32.4. The lowest BCUT2D eigenvalue weighted by atomic mass is 9.93. The highest BCUT2D eigenvalue weighted by molar-refractivity contribution is 9.10. The number of piperidine rings is 1. The third kappa shape index (κ3) is 2.36. The van der Waals surface area contributed by atoms with Crippen LogP contribution in [-0.2, 0) is 10.0 Å². The van der Waals surface area contributed by atoms with E-state index in [1.54, 1.807) is 4.31 Å². The van der Waals surface area contributed by atoms with Gasteiger partial charge in [-0.3, -0.25) is 0 Å². The second-order valence-corrected chi connectivity index (χ2v) is 7.98. The molecule has 0 N–H and O–H groups in total. The SMILES string of the molecule is C=C1C[C@H]2CCCC[C@@H](C1)N2S(=O)(=O)CBr. The molecule has 2 bridgehead atoms. The Bertz CT molecular complexity index is 361. The van der Waals surface area contributed by atoms with E-state index in [0.29, 0.717) is 0 Å². The van der Waals surface area contributed by atoms with Gasteiger partial charge >= 0.3 is 0 Å². The highest BCUT2D eigenvalue weighted by Gasteiger charge is 2.40. The molecule has 0 aromatic carbocycles. The van der Waals surface area contributed by atoms with Crippen LogP contribution in [0.2, 0.25) is 0 Å². The summed E-state index contributed by atoms with van der Waals surface area (Å²) in [7, 11) is -3.12. The van der Waals surface area contributed by atoms with Crippen molar-refractivity contribution in [3.63, 3.8) is 0 Å². The first-order valence-corrected chi connectivity index (χ1v) is 8.51. The molecule has 2 rings (SSSR count). The van der Waals surface area contributed by atoms with Crippen LogP contribution in [0.3, 0.4) is 0 Å². The topological polar surface area (TPSA) is 37.4 Å². The van der Waals surface area contributed by atoms with Gasteiger partial charge in [0.2, 0.25) is 10.0 Å². The predicted octanol–water partition coefficient (Wildman–Crippen LogP) is 2.63. The van der Waals surface area contributed by atoms with Gasteiger partial charge in [0.05, 0.1) is 0 Å². The number of fused-ring (bicyclic) bond motifs is 2. The van der Waals surface area contributed by atoms with Gasteiger partial charge in [0.15, 0.2) is 0 Å². The van der Waals surface area contributed by atoms with Crippen LogP contribution in [-0.4, -0.2) is 29.5 Å². The molecule has 92 valence electrons. The first kappa shape index (κ1) is 12.6. The molecule has 0 amide bonds. The number of hydrogen-bond donors (Lipinski definition) is 0. The fraction of sp³-hybridized carbons (Fsp3) is 0.818. The van der Waals surface area contributed by atoms with Crippen molar-refractivity contribution < 1.29 is 8.42 Å². The summed E-state index contributed by atoms with van der Waals surface area (Å²) < 4.78 is 26.0. The Labute approximate surface area is 106 Å². The Balaban J connectivity index is 2.32. The van der Waals surface area contributed by atoms with Crippen LogP contribution in [0.4, 0.5) is 0 Å². The van der Waals surface area contributed by atoms with E-state index >= 15 is 0 Å². The number of rotatable bonds is 2. The van der Waals surface area contributed by atoms with Crippen LogP contribution < -0.4 is 0 Å². The minimum Gasteiger partial charge on any atom is -0.211 e. The number of hydrogen-bond acceptors (Lipinski definition) is 2. The van der Waals surface area contributed by atoms with E-state index in [1.807, 2.05) is 0 Å². The Morgan fingerprint density at radius 1 is 1.25 bits per heavy atom. The average molecular weight is 308 g/mol. The Hall–Kier alpha value is 0.130. The maximum atomic E-state index is 12.1. The van der Waals surface area contributed by atoms with Crippen LogP contribution in [0, 0.1) is 0 Å². The molecule has 2 atom stereocenters. The van der Waals surface area contributed by atoms with E-state index in [9.17, 15) is 8.42 Å². The lowest BCUT2D eigenvalue weighted by Crippen LogP contribution is -2.49. The van der Waals surface area contributed by atoms with Crippen molar-refractivity contribution in [2.75, 3.05) is 4.66 Å². The molecule has 3 nitrogen and oxygen atoms in total. The number of nitrogens with zero attached hydrogens (tertiary/aromatic N) is 1. The molecule has 0 saturated carbocycles. The fourth-order valence-electron chi connectivity index (χ4n) is 2.96. The molecule has 16 heavy (non-hydrogen) atoms. The number of halogens is 1. The molecular formula is C11H18BrNO2S. The van der Waals surface area contributed by atoms with Gasteiger partial charge < -0.3 is 0 Å². The molecule has 5 heteroatoms. The minimum atomic E-state index is -3.12. The Morgan fingerprint density at radius 3 is 2.19 bits per heavy atom. The highest BCUT2D eigenvalue weighted by atomic mass is 79.9. The monoisotopic (exact) mass is 307 g/mol. The van der Waals surface area contributed by atoms with E-state index < -0.39 is 10.0 Å². The summed E-state index contributed by atoms with van der Waals surface area (Å²) in [5.74, 6) is 0. The number of alkyl halides is 1. The van der Waals surface area contributed by atoms with Gasteiger partial charge in [-0.1, -0.05) is 40.9 Å².